The van der Waals surface area contributed by atoms with Crippen molar-refractivity contribution < 1.29 is 14.3 Å². The van der Waals surface area contributed by atoms with Crippen molar-refractivity contribution in [1.82, 2.24) is 24.7 Å². The number of rotatable bonds is 5. The Morgan fingerprint density at radius 2 is 1.78 bits per heavy atom. The van der Waals surface area contributed by atoms with Gasteiger partial charge in [0.05, 0.1) is 30.0 Å². The van der Waals surface area contributed by atoms with Crippen LogP contribution in [0.1, 0.15) is 31.7 Å². The molecule has 0 radical (unpaired) electrons. The van der Waals surface area contributed by atoms with Crippen LogP contribution < -0.4 is 10.5 Å². The van der Waals surface area contributed by atoms with Crippen molar-refractivity contribution in [3.05, 3.63) is 67.0 Å². The van der Waals surface area contributed by atoms with Crippen LogP contribution in [0.2, 0.25) is 0 Å². The summed E-state index contributed by atoms with van der Waals surface area (Å²) in [6.45, 7) is 0. The van der Waals surface area contributed by atoms with Crippen molar-refractivity contribution >= 4 is 33.7 Å². The molecule has 1 saturated carbocycles. The maximum Gasteiger partial charge on any atom is 0.308 e. The zero-order chi connectivity index (χ0) is 25.4. The van der Waals surface area contributed by atoms with E-state index in [1.165, 1.54) is 13.4 Å². The molecule has 5 aromatic rings. The van der Waals surface area contributed by atoms with Gasteiger partial charge >= 0.3 is 5.97 Å². The highest BCUT2D eigenvalue weighted by molar-refractivity contribution is 5.99. The van der Waals surface area contributed by atoms with E-state index in [1.807, 2.05) is 65.3 Å². The van der Waals surface area contributed by atoms with Crippen molar-refractivity contribution in [2.45, 2.75) is 31.7 Å². The Hall–Kier alpha value is -4.53. The number of nitrogens with zero attached hydrogens (tertiary/aromatic N) is 5. The Balaban J connectivity index is 1.37. The number of fused-ring (bicyclic) bond motifs is 2. The molecule has 0 saturated heterocycles. The highest BCUT2D eigenvalue weighted by Crippen LogP contribution is 2.38. The maximum absolute atomic E-state index is 12.0. The first-order valence-corrected chi connectivity index (χ1v) is 12.3. The molecule has 37 heavy (non-hydrogen) atoms. The van der Waals surface area contributed by atoms with E-state index in [4.69, 9.17) is 25.3 Å². The summed E-state index contributed by atoms with van der Waals surface area (Å²) < 4.78 is 12.8. The summed E-state index contributed by atoms with van der Waals surface area (Å²) in [5, 5.41) is 6.69. The molecule has 186 valence electrons. The minimum Gasteiger partial charge on any atom is -0.469 e. The predicted octanol–water partition coefficient (Wildman–Crippen LogP) is 5.32. The zero-order valence-corrected chi connectivity index (χ0v) is 20.4. The van der Waals surface area contributed by atoms with Crippen LogP contribution in [-0.4, -0.2) is 37.8 Å². The second kappa shape index (κ2) is 9.50. The minimum absolute atomic E-state index is 0.0684. The average Bonchev–Trinajstić information content (AvgIpc) is 3.34. The van der Waals surface area contributed by atoms with Gasteiger partial charge in [-0.2, -0.15) is 5.10 Å². The van der Waals surface area contributed by atoms with Crippen LogP contribution in [0.5, 0.6) is 11.6 Å². The normalized spacial score (nSPS) is 17.6. The number of hydrogen-bond acceptors (Lipinski definition) is 8. The Kier molecular flexibility index (Phi) is 5.88. The standard InChI is InChI=1S/C28H26N6O3/c1-36-28(35)18-9-12-20(13-10-18)34-27-24(26(29)30-16-31-27)25(33-34)19-8-7-17-11-14-23(32-22(17)15-19)37-21-5-3-2-4-6-21/h2-8,11,14-16,18,20H,9-10,12-13H2,1H3,(H2,29,30,31). The van der Waals surface area contributed by atoms with Crippen molar-refractivity contribution in [2.75, 3.05) is 12.8 Å². The number of ether oxygens (including phenoxy) is 2. The molecule has 2 aromatic carbocycles. The molecule has 1 aliphatic rings. The lowest BCUT2D eigenvalue weighted by Crippen LogP contribution is -2.25. The molecule has 0 spiro atoms. The third kappa shape index (κ3) is 4.33. The summed E-state index contributed by atoms with van der Waals surface area (Å²) in [5.41, 5.74) is 9.39. The van der Waals surface area contributed by atoms with Crippen LogP contribution in [0.3, 0.4) is 0 Å². The molecule has 0 unspecified atom stereocenters. The summed E-state index contributed by atoms with van der Waals surface area (Å²) in [5.74, 6) is 1.40. The third-order valence-electron chi connectivity index (χ3n) is 7.00. The van der Waals surface area contributed by atoms with Crippen molar-refractivity contribution in [1.29, 1.82) is 0 Å². The Morgan fingerprint density at radius 3 is 2.57 bits per heavy atom. The fourth-order valence-electron chi connectivity index (χ4n) is 5.09. The van der Waals surface area contributed by atoms with Crippen molar-refractivity contribution in [3.63, 3.8) is 0 Å². The number of carbonyl (C=O) groups is 1. The topological polar surface area (TPSA) is 118 Å². The predicted molar refractivity (Wildman–Crippen MR) is 140 cm³/mol. The third-order valence-corrected chi connectivity index (χ3v) is 7.00. The number of aromatic nitrogens is 5. The van der Waals surface area contributed by atoms with Gasteiger partial charge in [-0.1, -0.05) is 30.3 Å². The first-order chi connectivity index (χ1) is 18.1. The molecule has 0 amide bonds. The van der Waals surface area contributed by atoms with Crippen molar-refractivity contribution in [2.24, 2.45) is 5.92 Å². The molecule has 9 heteroatoms. The van der Waals surface area contributed by atoms with Crippen molar-refractivity contribution in [3.8, 4) is 22.9 Å². The lowest BCUT2D eigenvalue weighted by atomic mass is 9.86. The highest BCUT2D eigenvalue weighted by atomic mass is 16.5. The van der Waals surface area contributed by atoms with Crippen LogP contribution in [0.15, 0.2) is 67.0 Å². The molecule has 3 heterocycles. The summed E-state index contributed by atoms with van der Waals surface area (Å²) >= 11 is 0. The Bertz CT molecular complexity index is 1590. The number of para-hydroxylation sites is 1. The number of esters is 1. The first-order valence-electron chi connectivity index (χ1n) is 12.3. The molecule has 1 aliphatic carbocycles. The van der Waals surface area contributed by atoms with E-state index in [1.54, 1.807) is 0 Å². The second-order valence-corrected chi connectivity index (χ2v) is 9.25. The van der Waals surface area contributed by atoms with Crippen LogP contribution in [0.4, 0.5) is 5.82 Å². The van der Waals surface area contributed by atoms with E-state index in [9.17, 15) is 4.79 Å². The number of pyridine rings is 1. The Labute approximate surface area is 213 Å². The van der Waals surface area contributed by atoms with E-state index in [2.05, 4.69) is 9.97 Å². The highest BCUT2D eigenvalue weighted by Gasteiger charge is 2.30. The summed E-state index contributed by atoms with van der Waals surface area (Å²) in [6, 6.07) is 19.5. The van der Waals surface area contributed by atoms with Gasteiger partial charge in [-0.05, 0) is 49.9 Å². The number of benzene rings is 2. The zero-order valence-electron chi connectivity index (χ0n) is 20.4. The van der Waals surface area contributed by atoms with Gasteiger partial charge in [0.25, 0.3) is 0 Å². The van der Waals surface area contributed by atoms with Gasteiger partial charge in [-0.25, -0.2) is 19.6 Å². The minimum atomic E-state index is -0.143. The van der Waals surface area contributed by atoms with Gasteiger partial charge in [0.2, 0.25) is 5.88 Å². The van der Waals surface area contributed by atoms with Crippen LogP contribution in [0, 0.1) is 5.92 Å². The second-order valence-electron chi connectivity index (χ2n) is 9.25. The number of methoxy groups -OCH3 is 1. The Morgan fingerprint density at radius 1 is 1.00 bits per heavy atom. The van der Waals surface area contributed by atoms with Gasteiger partial charge < -0.3 is 15.2 Å². The molecule has 1 fully saturated rings. The number of hydrogen-bond donors (Lipinski definition) is 1. The lowest BCUT2D eigenvalue weighted by Gasteiger charge is -2.27. The molecule has 0 bridgehead atoms. The number of nitrogen functional groups attached to an aromatic ring is 1. The summed E-state index contributed by atoms with van der Waals surface area (Å²) in [4.78, 5) is 25.5. The van der Waals surface area contributed by atoms with Gasteiger partial charge in [-0.3, -0.25) is 4.79 Å². The van der Waals surface area contributed by atoms with E-state index >= 15 is 0 Å². The molecular formula is C28H26N6O3. The molecule has 3 aromatic heterocycles. The average molecular weight is 495 g/mol. The SMILES string of the molecule is COC(=O)C1CCC(n2nc(-c3ccc4ccc(Oc5ccccc5)nc4c3)c3c(N)ncnc32)CC1. The van der Waals surface area contributed by atoms with Crippen LogP contribution in [-0.2, 0) is 9.53 Å². The molecule has 0 atom stereocenters. The maximum atomic E-state index is 12.0. The van der Waals surface area contributed by atoms with E-state index in [0.717, 1.165) is 47.9 Å². The van der Waals surface area contributed by atoms with Gasteiger partial charge in [0, 0.05) is 17.0 Å². The van der Waals surface area contributed by atoms with Crippen LogP contribution >= 0.6 is 0 Å². The molecular weight excluding hydrogens is 468 g/mol. The number of nitrogens with two attached hydrogens (primary N) is 1. The fraction of sp³-hybridized carbons (Fsp3) is 0.250. The van der Waals surface area contributed by atoms with E-state index in [-0.39, 0.29) is 17.9 Å². The molecule has 0 aliphatic heterocycles. The molecule has 6 rings (SSSR count). The molecule has 2 N–H and O–H groups in total. The first kappa shape index (κ1) is 22.9. The van der Waals surface area contributed by atoms with E-state index < -0.39 is 0 Å². The smallest absolute Gasteiger partial charge is 0.308 e. The molecule has 9 nitrogen and oxygen atoms in total. The largest absolute Gasteiger partial charge is 0.469 e. The quantitative estimate of drug-likeness (QED) is 0.326. The van der Waals surface area contributed by atoms with E-state index in [0.29, 0.717) is 28.4 Å². The fourth-order valence-corrected chi connectivity index (χ4v) is 5.09. The van der Waals surface area contributed by atoms with Gasteiger partial charge in [0.15, 0.2) is 5.65 Å². The van der Waals surface area contributed by atoms with Gasteiger partial charge in [-0.15, -0.1) is 0 Å². The van der Waals surface area contributed by atoms with Gasteiger partial charge in [0.1, 0.15) is 23.6 Å². The monoisotopic (exact) mass is 494 g/mol. The van der Waals surface area contributed by atoms with Crippen LogP contribution in [0.25, 0.3) is 33.2 Å². The lowest BCUT2D eigenvalue weighted by molar-refractivity contribution is -0.146. The number of anilines is 1. The summed E-state index contributed by atoms with van der Waals surface area (Å²) in [6.07, 6.45) is 4.57. The summed E-state index contributed by atoms with van der Waals surface area (Å²) in [7, 11) is 1.44. The number of carbonyl (C=O) groups excluding carboxylic acids is 1.